The monoisotopic (exact) mass is 170 g/mol. The first-order chi connectivity index (χ1) is 2.00. The van der Waals surface area contributed by atoms with E-state index in [1.807, 2.05) is 0 Å². The Labute approximate surface area is 87.0 Å². The van der Waals surface area contributed by atoms with Gasteiger partial charge in [0.25, 0.3) is 0 Å². The maximum Gasteiger partial charge on any atom is 1.00 e. The van der Waals surface area contributed by atoms with Crippen molar-refractivity contribution < 1.29 is 70.6 Å². The van der Waals surface area contributed by atoms with Crippen LogP contribution in [0.1, 0.15) is 0 Å². The van der Waals surface area contributed by atoms with Crippen LogP contribution >= 0.6 is 17.7 Å². The first kappa shape index (κ1) is 16.1. The van der Waals surface area contributed by atoms with Crippen molar-refractivity contribution in [3.8, 4) is 0 Å². The Hall–Kier alpha value is 2.18. The third-order valence-electron chi connectivity index (χ3n) is 0. The summed E-state index contributed by atoms with van der Waals surface area (Å²) in [6, 6.07) is 0. The van der Waals surface area contributed by atoms with Gasteiger partial charge < -0.3 is 24.6 Å². The van der Waals surface area contributed by atoms with Gasteiger partial charge in [-0.15, -0.1) is 0 Å². The van der Waals surface area contributed by atoms with Crippen molar-refractivity contribution in [3.63, 3.8) is 0 Å². The van der Waals surface area contributed by atoms with Crippen LogP contribution in [0.2, 0.25) is 0 Å². The second-order valence-corrected chi connectivity index (χ2v) is 1.54. The van der Waals surface area contributed by atoms with Crippen LogP contribution in [0.3, 0.4) is 0 Å². The summed E-state index contributed by atoms with van der Waals surface area (Å²) in [5.41, 5.74) is 0. The fourth-order valence-corrected chi connectivity index (χ4v) is 0. The van der Waals surface area contributed by atoms with Crippen LogP contribution in [0, 0.1) is 0 Å². The van der Waals surface area contributed by atoms with Gasteiger partial charge in [0.2, 0.25) is 0 Å². The molecule has 0 saturated carbocycles. The molecule has 40 valence electrons. The minimum absolute atomic E-state index is 0. The summed E-state index contributed by atoms with van der Waals surface area (Å²) in [7, 11) is -4.64. The summed E-state index contributed by atoms with van der Waals surface area (Å²) in [5, 5.41) is 0. The van der Waals surface area contributed by atoms with E-state index >= 15 is 0 Å². The first-order valence-electron chi connectivity index (χ1n) is 0.783. The Morgan fingerprint density at radius 1 is 1.14 bits per heavy atom. The molecule has 0 unspecified atom stereocenters. The van der Waals surface area contributed by atoms with Gasteiger partial charge in [0, 0.05) is 0 Å². The Balaban J connectivity index is -0.0000000800. The molecule has 0 aromatic carbocycles. The summed E-state index contributed by atoms with van der Waals surface area (Å²) < 4.78 is 8.88. The van der Waals surface area contributed by atoms with E-state index in [2.05, 4.69) is 0 Å². The molecule has 7 heteroatoms. The van der Waals surface area contributed by atoms with Gasteiger partial charge in [-0.25, -0.2) is 4.57 Å². The van der Waals surface area contributed by atoms with Crippen molar-refractivity contribution in [1.82, 2.24) is 0 Å². The molecule has 0 aliphatic carbocycles. The second-order valence-electron chi connectivity index (χ2n) is 0.513. The Kier molecular flexibility index (Phi) is 14.5. The fourth-order valence-electron chi connectivity index (χ4n) is 0. The molecule has 0 radical (unpaired) electrons. The minimum atomic E-state index is -4.64. The predicted octanol–water partition coefficient (Wildman–Crippen LogP) is -3.60. The molecule has 3 N–H and O–H groups in total. The van der Waals surface area contributed by atoms with E-state index in [0.717, 1.165) is 0 Å². The molecule has 7 heavy (non-hydrogen) atoms. The molecule has 0 bridgehead atoms. The zero-order chi connectivity index (χ0) is 4.50. The maximum atomic E-state index is 8.88. The average molecular weight is 170 g/mol. The molecule has 0 amide bonds. The molecule has 0 aliphatic heterocycles. The molecule has 0 aromatic rings. The molecular formula is H5KO4P2. The van der Waals surface area contributed by atoms with Crippen molar-refractivity contribution in [3.05, 3.63) is 0 Å². The standard InChI is InChI=1S/K.H3O4P.H2P/c;1-5(2,3)4;/h;(H3,1,2,3,4);1H2/q+1;;-1. The van der Waals surface area contributed by atoms with Gasteiger partial charge in [-0.1, -0.05) is 0 Å². The van der Waals surface area contributed by atoms with Crippen molar-refractivity contribution in [2.75, 3.05) is 0 Å². The van der Waals surface area contributed by atoms with E-state index in [9.17, 15) is 0 Å². The summed E-state index contributed by atoms with van der Waals surface area (Å²) in [6.07, 6.45) is 0. The molecule has 0 atom stereocenters. The number of hydrogen-bond acceptors (Lipinski definition) is 1. The zero-order valence-corrected chi connectivity index (χ0v) is 8.95. The summed E-state index contributed by atoms with van der Waals surface area (Å²) >= 11 is 0. The molecule has 0 heterocycles. The smallest absolute Gasteiger partial charge is 0.577 e. The normalized spacial score (nSPS) is 8.43. The van der Waals surface area contributed by atoms with Crippen molar-refractivity contribution >= 4 is 17.7 Å². The van der Waals surface area contributed by atoms with Crippen molar-refractivity contribution in [2.24, 2.45) is 0 Å². The third-order valence-corrected chi connectivity index (χ3v) is 0. The average Bonchev–Trinajstić information content (AvgIpc) is 0.722. The molecule has 0 fully saturated rings. The van der Waals surface area contributed by atoms with Gasteiger partial charge in [-0.2, -0.15) is 0 Å². The van der Waals surface area contributed by atoms with Crippen LogP contribution in [0.15, 0.2) is 0 Å². The van der Waals surface area contributed by atoms with Gasteiger partial charge in [0.15, 0.2) is 0 Å². The van der Waals surface area contributed by atoms with E-state index in [4.69, 9.17) is 19.2 Å². The van der Waals surface area contributed by atoms with E-state index in [1.165, 1.54) is 0 Å². The van der Waals surface area contributed by atoms with E-state index < -0.39 is 7.82 Å². The number of phosphoric acid groups is 1. The topological polar surface area (TPSA) is 77.8 Å². The quantitative estimate of drug-likeness (QED) is 0.259. The SMILES string of the molecule is O=P(O)(O)O.[K+].[PH2-]. The van der Waals surface area contributed by atoms with E-state index in [1.54, 1.807) is 0 Å². The van der Waals surface area contributed by atoms with Crippen LogP contribution in [0.25, 0.3) is 0 Å². The first-order valence-corrected chi connectivity index (χ1v) is 2.35. The van der Waals surface area contributed by atoms with Gasteiger partial charge in [0.05, 0.1) is 0 Å². The predicted molar refractivity (Wildman–Crippen MR) is 24.0 cm³/mol. The molecular weight excluding hydrogens is 165 g/mol. The van der Waals surface area contributed by atoms with E-state index in [0.29, 0.717) is 0 Å². The van der Waals surface area contributed by atoms with Crippen molar-refractivity contribution in [2.45, 2.75) is 0 Å². The minimum Gasteiger partial charge on any atom is -0.577 e. The van der Waals surface area contributed by atoms with E-state index in [-0.39, 0.29) is 61.3 Å². The summed E-state index contributed by atoms with van der Waals surface area (Å²) in [5.74, 6) is 0. The molecule has 0 rings (SSSR count). The Morgan fingerprint density at radius 2 is 1.14 bits per heavy atom. The number of rotatable bonds is 0. The molecule has 0 aromatic heterocycles. The van der Waals surface area contributed by atoms with Crippen LogP contribution in [-0.2, 0) is 4.57 Å². The van der Waals surface area contributed by atoms with Gasteiger partial charge >= 0.3 is 59.2 Å². The maximum absolute atomic E-state index is 8.88. The summed E-state index contributed by atoms with van der Waals surface area (Å²) in [6.45, 7) is 0. The Bertz CT molecular complexity index is 55.8. The van der Waals surface area contributed by atoms with Crippen LogP contribution in [0.5, 0.6) is 0 Å². The molecule has 0 aliphatic rings. The van der Waals surface area contributed by atoms with Crippen LogP contribution < -0.4 is 51.4 Å². The largest absolute Gasteiger partial charge is 1.00 e. The van der Waals surface area contributed by atoms with Crippen molar-refractivity contribution in [1.29, 1.82) is 0 Å². The summed E-state index contributed by atoms with van der Waals surface area (Å²) in [4.78, 5) is 21.6. The van der Waals surface area contributed by atoms with Gasteiger partial charge in [-0.05, 0) is 0 Å². The van der Waals surface area contributed by atoms with Crippen LogP contribution in [0.4, 0.5) is 0 Å². The molecule has 0 spiro atoms. The zero-order valence-electron chi connectivity index (χ0n) is 3.77. The van der Waals surface area contributed by atoms with Gasteiger partial charge in [-0.3, -0.25) is 0 Å². The van der Waals surface area contributed by atoms with Crippen LogP contribution in [-0.4, -0.2) is 14.7 Å². The van der Waals surface area contributed by atoms with Gasteiger partial charge in [0.1, 0.15) is 0 Å². The molecule has 0 saturated heterocycles. The second kappa shape index (κ2) is 6.30. The fraction of sp³-hybridized carbons (Fsp3) is 0. The Morgan fingerprint density at radius 3 is 1.14 bits per heavy atom. The number of hydrogen-bond donors (Lipinski definition) is 3. The molecule has 4 nitrogen and oxygen atoms in total. The third kappa shape index (κ3) is 65.9.